The number of ether oxygens (including phenoxy) is 3. The van der Waals surface area contributed by atoms with Gasteiger partial charge in [-0.05, 0) is 73.3 Å². The minimum absolute atomic E-state index is 0.0790. The predicted octanol–water partition coefficient (Wildman–Crippen LogP) is 8.96. The fraction of sp³-hybridized carbons (Fsp3) is 0.588. The van der Waals surface area contributed by atoms with Crippen LogP contribution in [-0.4, -0.2) is 109 Å². The van der Waals surface area contributed by atoms with E-state index in [0.717, 1.165) is 82.1 Å². The Kier molecular flexibility index (Phi) is 14.4. The first-order valence-corrected chi connectivity index (χ1v) is 24.1. The monoisotopic (exact) mass is 911 g/mol. The van der Waals surface area contributed by atoms with Crippen molar-refractivity contribution < 1.29 is 33.6 Å². The number of H-pyrrole nitrogens is 2. The van der Waals surface area contributed by atoms with Crippen molar-refractivity contribution in [2.45, 2.75) is 137 Å². The first-order valence-electron chi connectivity index (χ1n) is 24.1. The number of halogens is 1. The molecule has 1 saturated carbocycles. The number of nitrogens with one attached hydrogen (secondary N) is 3. The summed E-state index contributed by atoms with van der Waals surface area (Å²) in [6.45, 7) is 17.9. The van der Waals surface area contributed by atoms with Gasteiger partial charge in [0, 0.05) is 74.7 Å². The number of nitrogens with zero attached hydrogens (tertiary/aromatic N) is 5. The molecule has 2 fully saturated rings. The van der Waals surface area contributed by atoms with Gasteiger partial charge in [-0.2, -0.15) is 0 Å². The Morgan fingerprint density at radius 3 is 2.35 bits per heavy atom. The van der Waals surface area contributed by atoms with Crippen LogP contribution in [0.5, 0.6) is 5.75 Å². The van der Waals surface area contributed by atoms with Crippen molar-refractivity contribution >= 4 is 16.8 Å². The lowest BCUT2D eigenvalue weighted by Gasteiger charge is -2.35. The molecule has 5 heterocycles. The Labute approximate surface area is 388 Å². The van der Waals surface area contributed by atoms with Crippen molar-refractivity contribution in [2.24, 2.45) is 29.6 Å². The zero-order chi connectivity index (χ0) is 47.1. The first kappa shape index (κ1) is 47.8. The van der Waals surface area contributed by atoms with E-state index < -0.39 is 24.9 Å². The SMILES string of the molecule is CCC(CC(O)OC)C(CN1CC(F)CC1c1ncc(-c2ccc3c(c2)cc2n3C(CC)Oc3cc(-c4cnc(C(C)N(C(=O)C(NC(O)OC)C(C)C)C5CC5C)[nH]4)ccc3-2)[nH]1)C(C)C. The van der Waals surface area contributed by atoms with Gasteiger partial charge in [-0.1, -0.05) is 67.0 Å². The van der Waals surface area contributed by atoms with Crippen LogP contribution in [0.1, 0.15) is 117 Å². The fourth-order valence-corrected chi connectivity index (χ4v) is 10.6. The lowest BCUT2D eigenvalue weighted by atomic mass is 9.79. The van der Waals surface area contributed by atoms with Crippen LogP contribution in [0, 0.1) is 29.6 Å². The molecule has 5 aromatic rings. The minimum Gasteiger partial charge on any atom is -0.469 e. The van der Waals surface area contributed by atoms with Crippen LogP contribution < -0.4 is 10.1 Å². The van der Waals surface area contributed by atoms with Gasteiger partial charge in [0.25, 0.3) is 0 Å². The number of carbonyl (C=O) groups excluding carboxylic acids is 1. The van der Waals surface area contributed by atoms with Crippen LogP contribution in [0.4, 0.5) is 4.39 Å². The molecule has 11 unspecified atom stereocenters. The maximum Gasteiger partial charge on any atom is 0.240 e. The normalized spacial score (nSPS) is 23.3. The predicted molar refractivity (Wildman–Crippen MR) is 254 cm³/mol. The lowest BCUT2D eigenvalue weighted by Crippen LogP contribution is -2.54. The average Bonchev–Trinajstić information content (AvgIpc) is 3.84. The van der Waals surface area contributed by atoms with Gasteiger partial charge in [0.2, 0.25) is 12.3 Å². The summed E-state index contributed by atoms with van der Waals surface area (Å²) in [6, 6.07) is 13.9. The molecule has 14 nitrogen and oxygen atoms in total. The quantitative estimate of drug-likeness (QED) is 0.0476. The number of amides is 1. The molecule has 1 saturated heterocycles. The standard InChI is InChI=1S/C51H71FN8O6/c1-11-31(21-46(61)64-9)37(27(3)4)26-58-25-35(52)22-43(58)49-54-24-38(56-49)32-14-16-40-34(18-32)19-42-36-15-13-33(20-44(36)66-45(12-2)60(40)42)39-23-53-48(55-39)30(8)59(41-17-29(41)7)50(62)47(28(5)6)57-51(63)65-10/h13-16,18-20,23-24,27-31,35,37,41,43,45-47,51,57,61,63H,11-12,17,21-22,25-26H2,1-10H3,(H,53,55)(H,54,56). The lowest BCUT2D eigenvalue weighted by molar-refractivity contribution is -0.147. The highest BCUT2D eigenvalue weighted by Crippen LogP contribution is 2.46. The number of hydrogen-bond donors (Lipinski definition) is 5. The van der Waals surface area contributed by atoms with Gasteiger partial charge in [0.1, 0.15) is 23.6 Å². The number of likely N-dealkylation sites (tertiary alicyclic amines) is 1. The Hall–Kier alpha value is -4.64. The van der Waals surface area contributed by atoms with E-state index >= 15 is 4.39 Å². The topological polar surface area (TPSA) is 166 Å². The number of aromatic amines is 2. The number of alkyl halides is 1. The zero-order valence-corrected chi connectivity index (χ0v) is 40.3. The largest absolute Gasteiger partial charge is 0.469 e. The molecule has 3 aliphatic rings. The summed E-state index contributed by atoms with van der Waals surface area (Å²) in [5.41, 5.74) is 6.77. The number of aromatic nitrogens is 5. The van der Waals surface area contributed by atoms with E-state index in [4.69, 9.17) is 24.2 Å². The Balaban J connectivity index is 1.02. The molecule has 11 atom stereocenters. The second kappa shape index (κ2) is 19.9. The van der Waals surface area contributed by atoms with Gasteiger partial charge in [-0.15, -0.1) is 0 Å². The fourth-order valence-electron chi connectivity index (χ4n) is 10.6. The van der Waals surface area contributed by atoms with Crippen LogP contribution >= 0.6 is 0 Å². The number of imidazole rings is 2. The van der Waals surface area contributed by atoms with Crippen molar-refractivity contribution in [1.29, 1.82) is 0 Å². The minimum atomic E-state index is -1.25. The third-order valence-electron chi connectivity index (χ3n) is 14.7. The van der Waals surface area contributed by atoms with E-state index in [-0.39, 0.29) is 48.0 Å². The number of aliphatic hydroxyl groups excluding tert-OH is 2. The Morgan fingerprint density at radius 2 is 1.68 bits per heavy atom. The summed E-state index contributed by atoms with van der Waals surface area (Å²) in [7, 11) is 2.93. The van der Waals surface area contributed by atoms with E-state index in [1.54, 1.807) is 0 Å². The molecule has 1 amide bonds. The number of rotatable bonds is 20. The van der Waals surface area contributed by atoms with E-state index in [0.29, 0.717) is 37.0 Å². The maximum atomic E-state index is 15.2. The second-order valence-corrected chi connectivity index (χ2v) is 19.7. The number of benzene rings is 2. The molecule has 2 aliphatic heterocycles. The molecule has 0 spiro atoms. The Morgan fingerprint density at radius 1 is 0.970 bits per heavy atom. The number of methoxy groups -OCH3 is 2. The molecule has 0 bridgehead atoms. The van der Waals surface area contributed by atoms with E-state index in [2.05, 4.69) is 102 Å². The molecule has 0 radical (unpaired) electrons. The maximum absolute atomic E-state index is 15.2. The summed E-state index contributed by atoms with van der Waals surface area (Å²) in [5, 5.41) is 24.6. The molecule has 3 aromatic heterocycles. The van der Waals surface area contributed by atoms with Crippen molar-refractivity contribution in [3.63, 3.8) is 0 Å². The highest BCUT2D eigenvalue weighted by atomic mass is 19.1. The van der Waals surface area contributed by atoms with Crippen LogP contribution in [0.15, 0.2) is 54.9 Å². The third-order valence-corrected chi connectivity index (χ3v) is 14.7. The molecular weight excluding hydrogens is 840 g/mol. The molecule has 66 heavy (non-hydrogen) atoms. The summed E-state index contributed by atoms with van der Waals surface area (Å²) in [5.74, 6) is 3.31. The zero-order valence-electron chi connectivity index (χ0n) is 40.3. The summed E-state index contributed by atoms with van der Waals surface area (Å²) in [6.07, 6.45) is 3.99. The smallest absolute Gasteiger partial charge is 0.240 e. The van der Waals surface area contributed by atoms with E-state index in [1.165, 1.54) is 14.2 Å². The van der Waals surface area contributed by atoms with Gasteiger partial charge in [0.15, 0.2) is 12.5 Å². The molecule has 1 aliphatic carbocycles. The number of carbonyl (C=O) groups is 1. The molecule has 8 rings (SSSR count). The van der Waals surface area contributed by atoms with E-state index in [1.807, 2.05) is 38.1 Å². The summed E-state index contributed by atoms with van der Waals surface area (Å²) >= 11 is 0. The summed E-state index contributed by atoms with van der Waals surface area (Å²) < 4.78 is 34.5. The molecule has 15 heteroatoms. The molecule has 5 N–H and O–H groups in total. The van der Waals surface area contributed by atoms with Gasteiger partial charge in [-0.3, -0.25) is 15.0 Å². The van der Waals surface area contributed by atoms with Gasteiger partial charge in [0.05, 0.1) is 53.1 Å². The van der Waals surface area contributed by atoms with Crippen LogP contribution in [0.25, 0.3) is 44.7 Å². The number of fused-ring (bicyclic) bond motifs is 5. The van der Waals surface area contributed by atoms with Crippen molar-refractivity contribution in [3.05, 3.63) is 66.5 Å². The van der Waals surface area contributed by atoms with Gasteiger partial charge in [-0.25, -0.2) is 14.4 Å². The van der Waals surface area contributed by atoms with Crippen molar-refractivity contribution in [1.82, 2.24) is 39.6 Å². The van der Waals surface area contributed by atoms with Crippen LogP contribution in [-0.2, 0) is 14.3 Å². The third kappa shape index (κ3) is 9.57. The van der Waals surface area contributed by atoms with Gasteiger partial charge >= 0.3 is 0 Å². The van der Waals surface area contributed by atoms with Gasteiger partial charge < -0.3 is 43.9 Å². The molecule has 2 aromatic carbocycles. The highest BCUT2D eigenvalue weighted by molar-refractivity contribution is 5.92. The molecular formula is C51H71FN8O6. The Bertz CT molecular complexity index is 2450. The van der Waals surface area contributed by atoms with Crippen molar-refractivity contribution in [3.8, 4) is 39.5 Å². The summed E-state index contributed by atoms with van der Waals surface area (Å²) in [4.78, 5) is 35.0. The van der Waals surface area contributed by atoms with Crippen molar-refractivity contribution in [2.75, 3.05) is 27.3 Å². The number of hydrogen-bond acceptors (Lipinski definition) is 10. The second-order valence-electron chi connectivity index (χ2n) is 19.7. The van der Waals surface area contributed by atoms with Crippen LogP contribution in [0.3, 0.4) is 0 Å². The highest BCUT2D eigenvalue weighted by Gasteiger charge is 2.46. The average molecular weight is 911 g/mol. The van der Waals surface area contributed by atoms with E-state index in [9.17, 15) is 15.0 Å². The molecule has 358 valence electrons. The van der Waals surface area contributed by atoms with Crippen LogP contribution in [0.2, 0.25) is 0 Å². The number of aliphatic hydroxyl groups is 2. The first-order chi connectivity index (χ1) is 31.6.